The second-order valence-electron chi connectivity index (χ2n) is 8.36. The molecule has 32 heavy (non-hydrogen) atoms. The Kier molecular flexibility index (Phi) is 7.66. The number of carbonyl (C=O) groups is 1. The van der Waals surface area contributed by atoms with E-state index in [2.05, 4.69) is 35.1 Å². The van der Waals surface area contributed by atoms with Gasteiger partial charge in [0.15, 0.2) is 0 Å². The lowest BCUT2D eigenvalue weighted by molar-refractivity contribution is 0.0748. The van der Waals surface area contributed by atoms with E-state index in [9.17, 15) is 9.59 Å². The van der Waals surface area contributed by atoms with E-state index in [4.69, 9.17) is 0 Å². The van der Waals surface area contributed by atoms with Gasteiger partial charge in [0, 0.05) is 41.0 Å². The van der Waals surface area contributed by atoms with Gasteiger partial charge in [-0.3, -0.25) is 15.0 Å². The molecule has 168 valence electrons. The van der Waals surface area contributed by atoms with Crippen molar-refractivity contribution >= 4 is 28.6 Å². The molecule has 0 spiro atoms. The van der Waals surface area contributed by atoms with Crippen molar-refractivity contribution in [3.05, 3.63) is 70.5 Å². The molecule has 0 atom stereocenters. The molecule has 2 heterocycles. The first-order valence-electron chi connectivity index (χ1n) is 11.6. The number of nitrogens with one attached hydrogen (secondary N) is 1. The van der Waals surface area contributed by atoms with Crippen LogP contribution in [0.2, 0.25) is 0 Å². The molecule has 2 aromatic carbocycles. The van der Waals surface area contributed by atoms with Crippen molar-refractivity contribution in [2.24, 2.45) is 0 Å². The van der Waals surface area contributed by atoms with Gasteiger partial charge in [-0.05, 0) is 49.6 Å². The van der Waals surface area contributed by atoms with Crippen molar-refractivity contribution in [2.75, 3.05) is 13.1 Å². The van der Waals surface area contributed by atoms with Gasteiger partial charge in [0.05, 0.1) is 5.52 Å². The number of carbonyl (C=O) groups excluding carboxylic acids is 1. The minimum absolute atomic E-state index is 0.197. The fraction of sp³-hybridized carbons (Fsp3) is 0.385. The lowest BCUT2D eigenvalue weighted by Crippen LogP contribution is -2.46. The first kappa shape index (κ1) is 22.6. The summed E-state index contributed by atoms with van der Waals surface area (Å²) < 4.78 is 2.09. The lowest BCUT2D eigenvalue weighted by atomic mass is 10.1. The number of nitrogens with zero attached hydrogens (tertiary/aromatic N) is 2. The molecule has 1 aromatic heterocycles. The lowest BCUT2D eigenvalue weighted by Gasteiger charge is -2.26. The second-order valence-corrected chi connectivity index (χ2v) is 9.50. The smallest absolute Gasteiger partial charge is 0.271 e. The quantitative estimate of drug-likeness (QED) is 0.463. The monoisotopic (exact) mass is 449 g/mol. The van der Waals surface area contributed by atoms with Gasteiger partial charge in [-0.2, -0.15) is 0 Å². The standard InChI is InChI=1S/C26H31N3O2S/c1-2-3-8-15-28-19-23(26(31)27-29-16-9-5-10-17-29)25(30)22-14-13-21(18-24(22)28)32-20-11-6-4-7-12-20/h4,6-7,11-14,18-19H,2-3,5,8-10,15-17H2,1H3,(H,27,31). The molecule has 0 radical (unpaired) electrons. The molecule has 0 unspecified atom stereocenters. The molecule has 1 aliphatic heterocycles. The minimum atomic E-state index is -0.300. The van der Waals surface area contributed by atoms with E-state index in [0.29, 0.717) is 5.39 Å². The van der Waals surface area contributed by atoms with Crippen molar-refractivity contribution in [1.29, 1.82) is 0 Å². The number of aromatic nitrogens is 1. The molecule has 0 saturated carbocycles. The molecule has 1 fully saturated rings. The highest BCUT2D eigenvalue weighted by Crippen LogP contribution is 2.29. The average molecular weight is 450 g/mol. The number of unbranched alkanes of at least 4 members (excludes halogenated alkanes) is 2. The first-order chi connectivity index (χ1) is 15.7. The van der Waals surface area contributed by atoms with Crippen LogP contribution in [0.15, 0.2) is 69.3 Å². The van der Waals surface area contributed by atoms with Gasteiger partial charge in [0.2, 0.25) is 5.43 Å². The van der Waals surface area contributed by atoms with Crippen LogP contribution < -0.4 is 10.9 Å². The van der Waals surface area contributed by atoms with E-state index in [1.54, 1.807) is 18.0 Å². The Balaban J connectivity index is 1.68. The van der Waals surface area contributed by atoms with Crippen molar-refractivity contribution in [1.82, 2.24) is 15.0 Å². The van der Waals surface area contributed by atoms with E-state index >= 15 is 0 Å². The highest BCUT2D eigenvalue weighted by molar-refractivity contribution is 7.99. The molecular weight excluding hydrogens is 418 g/mol. The van der Waals surface area contributed by atoms with E-state index in [1.807, 2.05) is 35.3 Å². The molecule has 0 bridgehead atoms. The van der Waals surface area contributed by atoms with E-state index in [1.165, 1.54) is 6.42 Å². The number of pyridine rings is 1. The topological polar surface area (TPSA) is 54.3 Å². The molecule has 6 heteroatoms. The van der Waals surface area contributed by atoms with Crippen molar-refractivity contribution < 1.29 is 4.79 Å². The summed E-state index contributed by atoms with van der Waals surface area (Å²) in [4.78, 5) is 28.5. The largest absolute Gasteiger partial charge is 0.346 e. The second kappa shape index (κ2) is 10.8. The number of piperidine rings is 1. The van der Waals surface area contributed by atoms with Gasteiger partial charge in [-0.15, -0.1) is 0 Å². The zero-order chi connectivity index (χ0) is 22.3. The van der Waals surface area contributed by atoms with Gasteiger partial charge in [-0.25, -0.2) is 5.01 Å². The zero-order valence-electron chi connectivity index (χ0n) is 18.7. The SMILES string of the molecule is CCCCCn1cc(C(=O)NN2CCCCC2)c(=O)c2ccc(Sc3ccccc3)cc21. The van der Waals surface area contributed by atoms with Crippen LogP contribution in [-0.4, -0.2) is 28.6 Å². The molecular formula is C26H31N3O2S. The third-order valence-corrected chi connectivity index (χ3v) is 6.89. The number of hydrogen-bond acceptors (Lipinski definition) is 4. The summed E-state index contributed by atoms with van der Waals surface area (Å²) in [7, 11) is 0. The van der Waals surface area contributed by atoms with Crippen LogP contribution in [0.3, 0.4) is 0 Å². The van der Waals surface area contributed by atoms with Crippen LogP contribution in [-0.2, 0) is 6.54 Å². The van der Waals surface area contributed by atoms with Gasteiger partial charge in [0.1, 0.15) is 5.56 Å². The van der Waals surface area contributed by atoms with Gasteiger partial charge >= 0.3 is 0 Å². The Morgan fingerprint density at radius 1 is 1.00 bits per heavy atom. The highest BCUT2D eigenvalue weighted by atomic mass is 32.2. The van der Waals surface area contributed by atoms with Crippen LogP contribution in [0.5, 0.6) is 0 Å². The predicted molar refractivity (Wildman–Crippen MR) is 131 cm³/mol. The molecule has 1 N–H and O–H groups in total. The summed E-state index contributed by atoms with van der Waals surface area (Å²) in [5.41, 5.74) is 3.87. The molecule has 1 amide bonds. The van der Waals surface area contributed by atoms with Gasteiger partial charge in [-0.1, -0.05) is 56.1 Å². The Bertz CT molecular complexity index is 1120. The molecule has 4 rings (SSSR count). The first-order valence-corrected chi connectivity index (χ1v) is 12.4. The third kappa shape index (κ3) is 5.43. The minimum Gasteiger partial charge on any atom is -0.346 e. The summed E-state index contributed by atoms with van der Waals surface area (Å²) in [6.07, 6.45) is 8.34. The van der Waals surface area contributed by atoms with Crippen LogP contribution in [0.4, 0.5) is 0 Å². The molecule has 1 saturated heterocycles. The van der Waals surface area contributed by atoms with E-state index in [0.717, 1.165) is 67.0 Å². The average Bonchev–Trinajstić information content (AvgIpc) is 2.82. The van der Waals surface area contributed by atoms with E-state index < -0.39 is 0 Å². The fourth-order valence-corrected chi connectivity index (χ4v) is 5.02. The number of amides is 1. The molecule has 3 aromatic rings. The number of aryl methyl sites for hydroxylation is 1. The number of hydrogen-bond donors (Lipinski definition) is 1. The third-order valence-electron chi connectivity index (χ3n) is 5.89. The van der Waals surface area contributed by atoms with Crippen LogP contribution >= 0.6 is 11.8 Å². The maximum atomic E-state index is 13.3. The summed E-state index contributed by atoms with van der Waals surface area (Å²) in [6, 6.07) is 16.1. The highest BCUT2D eigenvalue weighted by Gasteiger charge is 2.19. The fourth-order valence-electron chi connectivity index (χ4n) is 4.15. The Hall–Kier alpha value is -2.57. The Morgan fingerprint density at radius 2 is 1.78 bits per heavy atom. The molecule has 5 nitrogen and oxygen atoms in total. The maximum absolute atomic E-state index is 13.3. The summed E-state index contributed by atoms with van der Waals surface area (Å²) >= 11 is 1.68. The summed E-state index contributed by atoms with van der Waals surface area (Å²) in [5, 5.41) is 2.54. The van der Waals surface area contributed by atoms with Crippen LogP contribution in [0, 0.1) is 0 Å². The Labute approximate surface area is 193 Å². The zero-order valence-corrected chi connectivity index (χ0v) is 19.5. The van der Waals surface area contributed by atoms with Gasteiger partial charge in [0.25, 0.3) is 5.91 Å². The van der Waals surface area contributed by atoms with Crippen molar-refractivity contribution in [3.63, 3.8) is 0 Å². The maximum Gasteiger partial charge on any atom is 0.271 e. The van der Waals surface area contributed by atoms with Crippen LogP contribution in [0.25, 0.3) is 10.9 Å². The number of rotatable bonds is 8. The van der Waals surface area contributed by atoms with Gasteiger partial charge < -0.3 is 4.57 Å². The number of benzene rings is 2. The molecule has 0 aliphatic carbocycles. The molecule has 1 aliphatic rings. The Morgan fingerprint density at radius 3 is 2.53 bits per heavy atom. The predicted octanol–water partition coefficient (Wildman–Crippen LogP) is 5.47. The number of hydrazine groups is 1. The normalized spacial score (nSPS) is 14.5. The van der Waals surface area contributed by atoms with Crippen molar-refractivity contribution in [2.45, 2.75) is 61.8 Å². The summed E-state index contributed by atoms with van der Waals surface area (Å²) in [6.45, 7) is 4.64. The van der Waals surface area contributed by atoms with E-state index in [-0.39, 0.29) is 16.9 Å². The number of fused-ring (bicyclic) bond motifs is 1. The van der Waals surface area contributed by atoms with Crippen LogP contribution in [0.1, 0.15) is 55.8 Å². The van der Waals surface area contributed by atoms with Crippen molar-refractivity contribution in [3.8, 4) is 0 Å². The summed E-state index contributed by atoms with van der Waals surface area (Å²) in [5.74, 6) is -0.300.